The van der Waals surface area contributed by atoms with Crippen molar-refractivity contribution >= 4 is 5.91 Å². The fraction of sp³-hybridized carbons (Fsp3) is 0.500. The molecule has 2 unspecified atom stereocenters. The molecule has 2 aliphatic rings. The van der Waals surface area contributed by atoms with Gasteiger partial charge in [-0.25, -0.2) is 4.68 Å². The van der Waals surface area contributed by atoms with Crippen LogP contribution < -0.4 is 11.1 Å². The second-order valence-corrected chi connectivity index (χ2v) is 7.50. The minimum Gasteiger partial charge on any atom is -0.350 e. The fourth-order valence-corrected chi connectivity index (χ4v) is 4.51. The third-order valence-electron chi connectivity index (χ3n) is 5.89. The van der Waals surface area contributed by atoms with Crippen molar-refractivity contribution in [2.24, 2.45) is 23.5 Å². The lowest BCUT2D eigenvalue weighted by atomic mass is 9.65. The number of benzene rings is 1. The highest BCUT2D eigenvalue weighted by Gasteiger charge is 2.40. The van der Waals surface area contributed by atoms with Crippen LogP contribution in [-0.2, 0) is 11.3 Å². The molecular formula is C20H26N4O. The van der Waals surface area contributed by atoms with E-state index in [2.05, 4.69) is 10.4 Å². The summed E-state index contributed by atoms with van der Waals surface area (Å²) in [4.78, 5) is 12.6. The monoisotopic (exact) mass is 338 g/mol. The molecule has 25 heavy (non-hydrogen) atoms. The average molecular weight is 338 g/mol. The van der Waals surface area contributed by atoms with Gasteiger partial charge in [0.05, 0.1) is 17.9 Å². The van der Waals surface area contributed by atoms with Gasteiger partial charge in [0.15, 0.2) is 0 Å². The van der Waals surface area contributed by atoms with Gasteiger partial charge in [-0.05, 0) is 55.7 Å². The maximum Gasteiger partial charge on any atom is 0.223 e. The molecule has 1 aromatic carbocycles. The number of nitrogens with one attached hydrogen (secondary N) is 1. The van der Waals surface area contributed by atoms with Crippen LogP contribution in [0.25, 0.3) is 5.69 Å². The van der Waals surface area contributed by atoms with E-state index in [9.17, 15) is 4.79 Å². The summed E-state index contributed by atoms with van der Waals surface area (Å²) in [6.07, 6.45) is 7.46. The first-order valence-corrected chi connectivity index (χ1v) is 9.34. The molecular weight excluding hydrogens is 312 g/mol. The molecule has 0 radical (unpaired) electrons. The Hall–Kier alpha value is -2.14. The summed E-state index contributed by atoms with van der Waals surface area (Å²) in [5, 5.41) is 7.63. The first-order valence-electron chi connectivity index (χ1n) is 9.34. The molecule has 0 saturated heterocycles. The molecule has 1 amide bonds. The van der Waals surface area contributed by atoms with Crippen LogP contribution in [0.2, 0.25) is 0 Å². The van der Waals surface area contributed by atoms with Crippen molar-refractivity contribution in [2.75, 3.05) is 0 Å². The van der Waals surface area contributed by atoms with E-state index in [1.807, 2.05) is 47.3 Å². The van der Waals surface area contributed by atoms with Crippen LogP contribution in [-0.4, -0.2) is 21.7 Å². The van der Waals surface area contributed by atoms with Crippen LogP contribution in [0.3, 0.4) is 0 Å². The lowest BCUT2D eigenvalue weighted by Crippen LogP contribution is -2.49. The minimum atomic E-state index is 0.117. The summed E-state index contributed by atoms with van der Waals surface area (Å²) in [5.74, 6) is 1.34. The minimum absolute atomic E-state index is 0.117. The zero-order valence-corrected chi connectivity index (χ0v) is 14.5. The molecule has 0 spiro atoms. The van der Waals surface area contributed by atoms with E-state index >= 15 is 0 Å². The summed E-state index contributed by atoms with van der Waals surface area (Å²) < 4.78 is 1.84. The average Bonchev–Trinajstić information content (AvgIpc) is 3.09. The number of para-hydroxylation sites is 1. The van der Waals surface area contributed by atoms with E-state index in [0.29, 0.717) is 24.4 Å². The third kappa shape index (κ3) is 3.47. The molecule has 1 aromatic heterocycles. The van der Waals surface area contributed by atoms with E-state index in [0.717, 1.165) is 24.2 Å². The summed E-state index contributed by atoms with van der Waals surface area (Å²) in [6, 6.07) is 12.3. The number of aromatic nitrogens is 2. The highest BCUT2D eigenvalue weighted by atomic mass is 16.1. The molecule has 2 atom stereocenters. The van der Waals surface area contributed by atoms with Crippen molar-refractivity contribution < 1.29 is 4.79 Å². The predicted octanol–water partition coefficient (Wildman–Crippen LogP) is 2.64. The van der Waals surface area contributed by atoms with Crippen molar-refractivity contribution in [2.45, 2.75) is 44.7 Å². The van der Waals surface area contributed by atoms with Gasteiger partial charge < -0.3 is 11.1 Å². The van der Waals surface area contributed by atoms with Gasteiger partial charge in [0.25, 0.3) is 0 Å². The second-order valence-electron chi connectivity index (χ2n) is 7.50. The Bertz CT molecular complexity index is 712. The van der Waals surface area contributed by atoms with Crippen LogP contribution in [0.15, 0.2) is 42.6 Å². The number of carbonyl (C=O) groups is 1. The number of nitrogens with zero attached hydrogens (tertiary/aromatic N) is 2. The first-order chi connectivity index (χ1) is 12.2. The molecule has 2 fully saturated rings. The Kier molecular flexibility index (Phi) is 4.57. The molecule has 0 aliphatic heterocycles. The molecule has 5 heteroatoms. The smallest absolute Gasteiger partial charge is 0.223 e. The number of rotatable bonds is 4. The van der Waals surface area contributed by atoms with Crippen molar-refractivity contribution in [3.05, 3.63) is 48.3 Å². The summed E-state index contributed by atoms with van der Waals surface area (Å²) in [5.41, 5.74) is 8.23. The van der Waals surface area contributed by atoms with Gasteiger partial charge in [-0.15, -0.1) is 0 Å². The quantitative estimate of drug-likeness (QED) is 0.900. The standard InChI is InChI=1S/C20H26N4O/c21-19-14-5-4-6-15(19)12-16(11-14)20(25)22-13-17-9-10-24(23-17)18-7-2-1-3-8-18/h1-3,7-10,14-16,19H,4-6,11-13,21H2,(H,22,25). The molecule has 1 heterocycles. The maximum absolute atomic E-state index is 12.6. The van der Waals surface area contributed by atoms with Crippen LogP contribution in [0.5, 0.6) is 0 Å². The Morgan fingerprint density at radius 3 is 2.60 bits per heavy atom. The van der Waals surface area contributed by atoms with Crippen LogP contribution in [0.1, 0.15) is 37.8 Å². The molecule has 2 bridgehead atoms. The number of amides is 1. The summed E-state index contributed by atoms with van der Waals surface area (Å²) in [7, 11) is 0. The van der Waals surface area contributed by atoms with Gasteiger partial charge in [-0.1, -0.05) is 24.6 Å². The fourth-order valence-electron chi connectivity index (χ4n) is 4.51. The molecule has 4 rings (SSSR count). The van der Waals surface area contributed by atoms with E-state index in [-0.39, 0.29) is 11.8 Å². The summed E-state index contributed by atoms with van der Waals surface area (Å²) in [6.45, 7) is 0.483. The highest BCUT2D eigenvalue weighted by Crippen LogP contribution is 2.41. The Morgan fingerprint density at radius 1 is 1.16 bits per heavy atom. The number of carbonyl (C=O) groups excluding carboxylic acids is 1. The number of hydrogen-bond donors (Lipinski definition) is 2. The van der Waals surface area contributed by atoms with Gasteiger partial charge in [-0.2, -0.15) is 5.10 Å². The molecule has 2 saturated carbocycles. The first kappa shape index (κ1) is 16.3. The zero-order valence-electron chi connectivity index (χ0n) is 14.5. The predicted molar refractivity (Wildman–Crippen MR) is 96.9 cm³/mol. The number of hydrogen-bond acceptors (Lipinski definition) is 3. The normalized spacial score (nSPS) is 28.5. The topological polar surface area (TPSA) is 72.9 Å². The largest absolute Gasteiger partial charge is 0.350 e. The van der Waals surface area contributed by atoms with Crippen molar-refractivity contribution in [3.63, 3.8) is 0 Å². The van der Waals surface area contributed by atoms with Crippen LogP contribution in [0, 0.1) is 17.8 Å². The highest BCUT2D eigenvalue weighted by molar-refractivity contribution is 5.78. The van der Waals surface area contributed by atoms with E-state index < -0.39 is 0 Å². The van der Waals surface area contributed by atoms with Crippen molar-refractivity contribution in [1.82, 2.24) is 15.1 Å². The maximum atomic E-state index is 12.6. The molecule has 132 valence electrons. The number of fused-ring (bicyclic) bond motifs is 2. The molecule has 2 aliphatic carbocycles. The Morgan fingerprint density at radius 2 is 1.88 bits per heavy atom. The zero-order chi connectivity index (χ0) is 17.2. The van der Waals surface area contributed by atoms with Gasteiger partial charge in [0.2, 0.25) is 5.91 Å². The summed E-state index contributed by atoms with van der Waals surface area (Å²) >= 11 is 0. The molecule has 3 N–H and O–H groups in total. The molecule has 5 nitrogen and oxygen atoms in total. The Balaban J connectivity index is 1.34. The van der Waals surface area contributed by atoms with Crippen LogP contribution >= 0.6 is 0 Å². The van der Waals surface area contributed by atoms with Gasteiger partial charge >= 0.3 is 0 Å². The van der Waals surface area contributed by atoms with Crippen LogP contribution in [0.4, 0.5) is 0 Å². The number of nitrogens with two attached hydrogens (primary N) is 1. The van der Waals surface area contributed by atoms with E-state index in [1.165, 1.54) is 19.3 Å². The second kappa shape index (κ2) is 7.00. The van der Waals surface area contributed by atoms with Gasteiger partial charge in [-0.3, -0.25) is 4.79 Å². The van der Waals surface area contributed by atoms with Gasteiger partial charge in [0.1, 0.15) is 0 Å². The van der Waals surface area contributed by atoms with Crippen molar-refractivity contribution in [3.8, 4) is 5.69 Å². The lowest BCUT2D eigenvalue weighted by Gasteiger charge is -2.43. The third-order valence-corrected chi connectivity index (χ3v) is 5.89. The molecule has 2 aromatic rings. The SMILES string of the molecule is NC1C2CCCC1CC(C(=O)NCc1ccn(-c3ccccc3)n1)C2. The van der Waals surface area contributed by atoms with Gasteiger partial charge in [0, 0.05) is 18.2 Å². The van der Waals surface area contributed by atoms with E-state index in [1.54, 1.807) is 0 Å². The Labute approximate surface area is 148 Å². The van der Waals surface area contributed by atoms with E-state index in [4.69, 9.17) is 5.73 Å². The lowest BCUT2D eigenvalue weighted by molar-refractivity contribution is -0.128. The van der Waals surface area contributed by atoms with Crippen molar-refractivity contribution in [1.29, 1.82) is 0 Å².